The SMILES string of the molecule is N#Cc1c2c([nH]c(=S)c1C=Cc1ccccc1)CCCC2. The van der Waals surface area contributed by atoms with Crippen LogP contribution in [0, 0.1) is 16.0 Å². The molecule has 1 N–H and O–H groups in total. The average Bonchev–Trinajstić information content (AvgIpc) is 2.53. The molecule has 104 valence electrons. The molecule has 0 aliphatic heterocycles. The predicted octanol–water partition coefficient (Wildman–Crippen LogP) is 4.67. The van der Waals surface area contributed by atoms with Crippen LogP contribution in [0.15, 0.2) is 30.3 Å². The van der Waals surface area contributed by atoms with Crippen LogP contribution in [0.2, 0.25) is 0 Å². The number of nitriles is 1. The number of H-pyrrole nitrogens is 1. The highest BCUT2D eigenvalue weighted by molar-refractivity contribution is 7.71. The van der Waals surface area contributed by atoms with Crippen LogP contribution in [-0.2, 0) is 12.8 Å². The molecule has 0 spiro atoms. The largest absolute Gasteiger partial charge is 0.349 e. The number of aromatic nitrogens is 1. The van der Waals surface area contributed by atoms with Gasteiger partial charge in [-0.15, -0.1) is 0 Å². The molecule has 21 heavy (non-hydrogen) atoms. The lowest BCUT2D eigenvalue weighted by Gasteiger charge is -2.18. The topological polar surface area (TPSA) is 39.6 Å². The van der Waals surface area contributed by atoms with Crippen molar-refractivity contribution in [3.63, 3.8) is 0 Å². The van der Waals surface area contributed by atoms with E-state index in [2.05, 4.69) is 11.1 Å². The molecule has 0 bridgehead atoms. The lowest BCUT2D eigenvalue weighted by Crippen LogP contribution is -2.09. The Balaban J connectivity index is 2.09. The van der Waals surface area contributed by atoms with E-state index in [1.807, 2.05) is 42.5 Å². The second-order valence-electron chi connectivity index (χ2n) is 5.26. The van der Waals surface area contributed by atoms with Gasteiger partial charge in [-0.2, -0.15) is 5.26 Å². The van der Waals surface area contributed by atoms with Gasteiger partial charge < -0.3 is 4.98 Å². The summed E-state index contributed by atoms with van der Waals surface area (Å²) in [4.78, 5) is 3.32. The molecule has 0 atom stereocenters. The van der Waals surface area contributed by atoms with E-state index in [0.29, 0.717) is 4.64 Å². The van der Waals surface area contributed by atoms with E-state index in [9.17, 15) is 5.26 Å². The summed E-state index contributed by atoms with van der Waals surface area (Å²) < 4.78 is 0.666. The Hall–Kier alpha value is -2.18. The number of aryl methyl sites for hydroxylation is 1. The van der Waals surface area contributed by atoms with Gasteiger partial charge in [0.05, 0.1) is 5.56 Å². The summed E-state index contributed by atoms with van der Waals surface area (Å²) >= 11 is 5.45. The minimum Gasteiger partial charge on any atom is -0.349 e. The Labute approximate surface area is 129 Å². The van der Waals surface area contributed by atoms with Gasteiger partial charge in [-0.1, -0.05) is 54.7 Å². The Morgan fingerprint density at radius 2 is 1.86 bits per heavy atom. The predicted molar refractivity (Wildman–Crippen MR) is 88.4 cm³/mol. The van der Waals surface area contributed by atoms with Crippen molar-refractivity contribution in [1.82, 2.24) is 4.98 Å². The highest BCUT2D eigenvalue weighted by atomic mass is 32.1. The Morgan fingerprint density at radius 1 is 1.10 bits per heavy atom. The summed E-state index contributed by atoms with van der Waals surface area (Å²) in [5, 5.41) is 9.55. The number of fused-ring (bicyclic) bond motifs is 1. The zero-order valence-corrected chi connectivity index (χ0v) is 12.5. The molecule has 1 aromatic carbocycles. The van der Waals surface area contributed by atoms with Crippen molar-refractivity contribution < 1.29 is 0 Å². The smallest absolute Gasteiger partial charge is 0.112 e. The molecule has 2 nitrogen and oxygen atoms in total. The van der Waals surface area contributed by atoms with E-state index >= 15 is 0 Å². The van der Waals surface area contributed by atoms with Crippen LogP contribution in [0.5, 0.6) is 0 Å². The molecule has 2 aromatic rings. The third kappa shape index (κ3) is 2.81. The van der Waals surface area contributed by atoms with Gasteiger partial charge in [0.1, 0.15) is 10.7 Å². The Morgan fingerprint density at radius 3 is 2.62 bits per heavy atom. The maximum Gasteiger partial charge on any atom is 0.112 e. The molecule has 1 aliphatic rings. The first-order chi connectivity index (χ1) is 10.3. The molecule has 1 aliphatic carbocycles. The van der Waals surface area contributed by atoms with Crippen molar-refractivity contribution in [2.24, 2.45) is 0 Å². The van der Waals surface area contributed by atoms with Crippen LogP contribution in [0.1, 0.15) is 40.8 Å². The Kier molecular flexibility index (Phi) is 3.98. The molecular formula is C18H16N2S. The van der Waals surface area contributed by atoms with Gasteiger partial charge in [0, 0.05) is 11.3 Å². The summed E-state index contributed by atoms with van der Waals surface area (Å²) in [6.07, 6.45) is 8.25. The molecule has 3 rings (SSSR count). The highest BCUT2D eigenvalue weighted by Gasteiger charge is 2.17. The average molecular weight is 292 g/mol. The molecule has 0 saturated carbocycles. The van der Waals surface area contributed by atoms with Gasteiger partial charge in [-0.3, -0.25) is 0 Å². The first kappa shape index (κ1) is 13.8. The van der Waals surface area contributed by atoms with E-state index in [0.717, 1.165) is 47.2 Å². The summed E-state index contributed by atoms with van der Waals surface area (Å²) in [6.45, 7) is 0. The molecule has 3 heteroatoms. The molecule has 0 radical (unpaired) electrons. The van der Waals surface area contributed by atoms with Gasteiger partial charge in [0.2, 0.25) is 0 Å². The molecule has 0 saturated heterocycles. The maximum absolute atomic E-state index is 9.55. The maximum atomic E-state index is 9.55. The third-order valence-corrected chi connectivity index (χ3v) is 4.22. The number of pyridine rings is 1. The molecule has 0 unspecified atom stereocenters. The Bertz CT molecular complexity index is 779. The van der Waals surface area contributed by atoms with Gasteiger partial charge in [-0.05, 0) is 36.8 Å². The van der Waals surface area contributed by atoms with E-state index in [1.165, 1.54) is 6.42 Å². The molecule has 0 fully saturated rings. The number of hydrogen-bond donors (Lipinski definition) is 1. The highest BCUT2D eigenvalue weighted by Crippen LogP contribution is 2.26. The standard InChI is InChI=1S/C18H16N2S/c19-12-16-14-8-4-5-9-17(14)20-18(21)15(16)11-10-13-6-2-1-3-7-13/h1-3,6-7,10-11H,4-5,8-9H2,(H,20,21). The summed E-state index contributed by atoms with van der Waals surface area (Å²) in [5.41, 5.74) is 5.01. The van der Waals surface area contributed by atoms with E-state index in [4.69, 9.17) is 12.2 Å². The monoisotopic (exact) mass is 292 g/mol. The van der Waals surface area contributed by atoms with Crippen molar-refractivity contribution in [3.8, 4) is 6.07 Å². The van der Waals surface area contributed by atoms with Crippen LogP contribution in [0.25, 0.3) is 12.2 Å². The number of rotatable bonds is 2. The lowest BCUT2D eigenvalue weighted by molar-refractivity contribution is 0.665. The van der Waals surface area contributed by atoms with Crippen molar-refractivity contribution in [2.75, 3.05) is 0 Å². The first-order valence-electron chi connectivity index (χ1n) is 7.21. The van der Waals surface area contributed by atoms with Crippen LogP contribution < -0.4 is 0 Å². The fourth-order valence-electron chi connectivity index (χ4n) is 2.83. The minimum atomic E-state index is 0.666. The van der Waals surface area contributed by atoms with Gasteiger partial charge in [0.25, 0.3) is 0 Å². The van der Waals surface area contributed by atoms with E-state index < -0.39 is 0 Å². The van der Waals surface area contributed by atoms with Crippen LogP contribution in [-0.4, -0.2) is 4.98 Å². The van der Waals surface area contributed by atoms with Gasteiger partial charge in [0.15, 0.2) is 0 Å². The number of nitrogens with one attached hydrogen (secondary N) is 1. The van der Waals surface area contributed by atoms with Crippen LogP contribution in [0.4, 0.5) is 0 Å². The number of nitrogens with zero attached hydrogens (tertiary/aromatic N) is 1. The van der Waals surface area contributed by atoms with Crippen molar-refractivity contribution >= 4 is 24.4 Å². The van der Waals surface area contributed by atoms with E-state index in [-0.39, 0.29) is 0 Å². The second kappa shape index (κ2) is 6.07. The van der Waals surface area contributed by atoms with Crippen molar-refractivity contribution in [3.05, 3.63) is 62.9 Å². The summed E-state index contributed by atoms with van der Waals surface area (Å²) in [6, 6.07) is 12.4. The second-order valence-corrected chi connectivity index (χ2v) is 5.67. The first-order valence-corrected chi connectivity index (χ1v) is 7.61. The zero-order chi connectivity index (χ0) is 14.7. The summed E-state index contributed by atoms with van der Waals surface area (Å²) in [5.74, 6) is 0. The quantitative estimate of drug-likeness (QED) is 0.817. The van der Waals surface area contributed by atoms with Crippen LogP contribution in [0.3, 0.4) is 0 Å². The molecule has 1 heterocycles. The third-order valence-electron chi connectivity index (χ3n) is 3.90. The molecular weight excluding hydrogens is 276 g/mol. The zero-order valence-electron chi connectivity index (χ0n) is 11.7. The van der Waals surface area contributed by atoms with E-state index in [1.54, 1.807) is 0 Å². The minimum absolute atomic E-state index is 0.666. The number of benzene rings is 1. The van der Waals surface area contributed by atoms with Gasteiger partial charge >= 0.3 is 0 Å². The lowest BCUT2D eigenvalue weighted by atomic mass is 9.90. The van der Waals surface area contributed by atoms with Gasteiger partial charge in [-0.25, -0.2) is 0 Å². The van der Waals surface area contributed by atoms with Crippen molar-refractivity contribution in [1.29, 1.82) is 5.26 Å². The fourth-order valence-corrected chi connectivity index (χ4v) is 3.12. The number of aromatic amines is 1. The fraction of sp³-hybridized carbons (Fsp3) is 0.222. The summed E-state index contributed by atoms with van der Waals surface area (Å²) in [7, 11) is 0. The molecule has 1 aromatic heterocycles. The molecule has 0 amide bonds. The number of hydrogen-bond acceptors (Lipinski definition) is 2. The normalized spacial score (nSPS) is 13.9. The van der Waals surface area contributed by atoms with Crippen molar-refractivity contribution in [2.45, 2.75) is 25.7 Å². The van der Waals surface area contributed by atoms with Crippen LogP contribution >= 0.6 is 12.2 Å².